The Kier molecular flexibility index (Phi) is 4.77. The van der Waals surface area contributed by atoms with Gasteiger partial charge in [0.15, 0.2) is 0 Å². The van der Waals surface area contributed by atoms with Gasteiger partial charge in [0.05, 0.1) is 5.60 Å². The Balaban J connectivity index is 1.54. The molecule has 0 amide bonds. The van der Waals surface area contributed by atoms with Crippen LogP contribution in [0, 0.1) is 11.8 Å². The molecule has 2 saturated heterocycles. The van der Waals surface area contributed by atoms with Crippen LogP contribution in [0.25, 0.3) is 0 Å². The molecule has 3 rings (SSSR count). The fraction of sp³-hybridized carbons (Fsp3) is 0.941. The highest BCUT2D eigenvalue weighted by atomic mass is 16.5. The van der Waals surface area contributed by atoms with Crippen molar-refractivity contribution in [2.45, 2.75) is 69.8 Å². The first-order valence-corrected chi connectivity index (χ1v) is 8.52. The fourth-order valence-electron chi connectivity index (χ4n) is 4.24. The Morgan fingerprint density at radius 3 is 2.50 bits per heavy atom. The highest BCUT2D eigenvalue weighted by molar-refractivity contribution is 5.81. The summed E-state index contributed by atoms with van der Waals surface area (Å²) in [4.78, 5) is 12.6. The van der Waals surface area contributed by atoms with Crippen molar-refractivity contribution >= 4 is 5.78 Å². The number of carbonyl (C=O) groups is 1. The van der Waals surface area contributed by atoms with Gasteiger partial charge < -0.3 is 9.47 Å². The topological polar surface area (TPSA) is 35.5 Å². The standard InChI is InChI=1S/C17H28O3/c18-16(12-14-4-2-1-3-5-14)15-6-9-20-17(13-15)7-10-19-11-8-17/h14-15H,1-13H2. The summed E-state index contributed by atoms with van der Waals surface area (Å²) in [6.45, 7) is 2.36. The third-order valence-corrected chi connectivity index (χ3v) is 5.57. The van der Waals surface area contributed by atoms with E-state index in [4.69, 9.17) is 9.47 Å². The lowest BCUT2D eigenvalue weighted by Gasteiger charge is -2.43. The van der Waals surface area contributed by atoms with Crippen LogP contribution in [0.1, 0.15) is 64.2 Å². The molecule has 3 aliphatic rings. The minimum Gasteiger partial charge on any atom is -0.381 e. The zero-order valence-corrected chi connectivity index (χ0v) is 12.6. The number of hydrogen-bond donors (Lipinski definition) is 0. The Labute approximate surface area is 122 Å². The molecular formula is C17H28O3. The molecule has 2 heterocycles. The van der Waals surface area contributed by atoms with E-state index in [1.54, 1.807) is 0 Å². The first-order valence-electron chi connectivity index (χ1n) is 8.52. The first-order chi connectivity index (χ1) is 9.77. The Hall–Kier alpha value is -0.410. The smallest absolute Gasteiger partial charge is 0.136 e. The molecule has 0 N–H and O–H groups in total. The minimum atomic E-state index is -0.0383. The van der Waals surface area contributed by atoms with Gasteiger partial charge in [-0.25, -0.2) is 0 Å². The van der Waals surface area contributed by atoms with E-state index in [1.165, 1.54) is 32.1 Å². The van der Waals surface area contributed by atoms with Gasteiger partial charge in [-0.1, -0.05) is 32.1 Å². The van der Waals surface area contributed by atoms with Crippen LogP contribution in [0.4, 0.5) is 0 Å². The van der Waals surface area contributed by atoms with Crippen molar-refractivity contribution in [2.75, 3.05) is 19.8 Å². The van der Waals surface area contributed by atoms with Crippen molar-refractivity contribution in [2.24, 2.45) is 11.8 Å². The van der Waals surface area contributed by atoms with Crippen LogP contribution >= 0.6 is 0 Å². The summed E-state index contributed by atoms with van der Waals surface area (Å²) >= 11 is 0. The number of Topliss-reactive ketones (excluding diaryl/α,β-unsaturated/α-hetero) is 1. The van der Waals surface area contributed by atoms with E-state index in [-0.39, 0.29) is 11.5 Å². The Morgan fingerprint density at radius 2 is 1.75 bits per heavy atom. The molecule has 1 atom stereocenters. The number of ether oxygens (including phenoxy) is 2. The molecule has 0 bridgehead atoms. The Bertz CT molecular complexity index is 322. The van der Waals surface area contributed by atoms with Gasteiger partial charge in [0.1, 0.15) is 5.78 Å². The molecule has 1 aliphatic carbocycles. The van der Waals surface area contributed by atoms with Gasteiger partial charge in [-0.05, 0) is 31.6 Å². The predicted molar refractivity (Wildman–Crippen MR) is 77.7 cm³/mol. The minimum absolute atomic E-state index is 0.0383. The molecule has 1 saturated carbocycles. The predicted octanol–water partition coefficient (Wildman–Crippen LogP) is 3.50. The maximum absolute atomic E-state index is 12.6. The van der Waals surface area contributed by atoms with Gasteiger partial charge in [-0.2, -0.15) is 0 Å². The van der Waals surface area contributed by atoms with Crippen LogP contribution < -0.4 is 0 Å². The Morgan fingerprint density at radius 1 is 1.00 bits per heavy atom. The largest absolute Gasteiger partial charge is 0.381 e. The molecule has 0 aromatic carbocycles. The summed E-state index contributed by atoms with van der Waals surface area (Å²) in [5, 5.41) is 0. The molecule has 3 fully saturated rings. The van der Waals surface area contributed by atoms with E-state index in [0.29, 0.717) is 11.7 Å². The van der Waals surface area contributed by atoms with Crippen molar-refractivity contribution in [3.8, 4) is 0 Å². The highest BCUT2D eigenvalue weighted by Crippen LogP contribution is 2.38. The zero-order chi connectivity index (χ0) is 13.8. The zero-order valence-electron chi connectivity index (χ0n) is 12.6. The summed E-state index contributed by atoms with van der Waals surface area (Å²) in [5.41, 5.74) is -0.0383. The van der Waals surface area contributed by atoms with E-state index in [9.17, 15) is 4.79 Å². The van der Waals surface area contributed by atoms with Crippen molar-refractivity contribution in [1.82, 2.24) is 0 Å². The summed E-state index contributed by atoms with van der Waals surface area (Å²) in [6, 6.07) is 0. The second-order valence-electron chi connectivity index (χ2n) is 7.01. The van der Waals surface area contributed by atoms with Crippen molar-refractivity contribution in [3.05, 3.63) is 0 Å². The molecule has 20 heavy (non-hydrogen) atoms. The lowest BCUT2D eigenvalue weighted by molar-refractivity contribution is -0.157. The third kappa shape index (κ3) is 3.43. The summed E-state index contributed by atoms with van der Waals surface area (Å²) in [7, 11) is 0. The number of rotatable bonds is 3. The number of carbonyl (C=O) groups excluding carboxylic acids is 1. The lowest BCUT2D eigenvalue weighted by Crippen LogP contribution is -2.46. The highest BCUT2D eigenvalue weighted by Gasteiger charge is 2.41. The maximum Gasteiger partial charge on any atom is 0.136 e. The molecule has 114 valence electrons. The van der Waals surface area contributed by atoms with Gasteiger partial charge in [-0.15, -0.1) is 0 Å². The SMILES string of the molecule is O=C(CC1CCCCC1)C1CCOC2(CCOCC2)C1. The molecule has 1 spiro atoms. The molecule has 0 radical (unpaired) electrons. The van der Waals surface area contributed by atoms with Crippen molar-refractivity contribution in [1.29, 1.82) is 0 Å². The van der Waals surface area contributed by atoms with Crippen molar-refractivity contribution < 1.29 is 14.3 Å². The van der Waals surface area contributed by atoms with Crippen LogP contribution in [0.3, 0.4) is 0 Å². The number of ketones is 1. The maximum atomic E-state index is 12.6. The van der Waals surface area contributed by atoms with Crippen LogP contribution in [0.5, 0.6) is 0 Å². The van der Waals surface area contributed by atoms with Crippen LogP contribution in [-0.2, 0) is 14.3 Å². The average molecular weight is 280 g/mol. The summed E-state index contributed by atoms with van der Waals surface area (Å²) in [5.74, 6) is 1.44. The summed E-state index contributed by atoms with van der Waals surface area (Å²) in [6.07, 6.45) is 11.2. The molecule has 0 aromatic heterocycles. The van der Waals surface area contributed by atoms with E-state index in [1.807, 2.05) is 0 Å². The first kappa shape index (κ1) is 14.5. The van der Waals surface area contributed by atoms with Crippen LogP contribution in [0.2, 0.25) is 0 Å². The van der Waals surface area contributed by atoms with E-state index in [2.05, 4.69) is 0 Å². The van der Waals surface area contributed by atoms with Crippen LogP contribution in [-0.4, -0.2) is 31.2 Å². The number of hydrogen-bond acceptors (Lipinski definition) is 3. The van der Waals surface area contributed by atoms with Gasteiger partial charge in [0, 0.05) is 32.2 Å². The molecular weight excluding hydrogens is 252 g/mol. The van der Waals surface area contributed by atoms with Crippen molar-refractivity contribution in [3.63, 3.8) is 0 Å². The summed E-state index contributed by atoms with van der Waals surface area (Å²) < 4.78 is 11.5. The monoisotopic (exact) mass is 280 g/mol. The second-order valence-corrected chi connectivity index (χ2v) is 7.01. The van der Waals surface area contributed by atoms with Gasteiger partial charge in [0.2, 0.25) is 0 Å². The fourth-order valence-corrected chi connectivity index (χ4v) is 4.24. The van der Waals surface area contributed by atoms with Crippen LogP contribution in [0.15, 0.2) is 0 Å². The lowest BCUT2D eigenvalue weighted by atomic mass is 9.76. The molecule has 1 unspecified atom stereocenters. The van der Waals surface area contributed by atoms with Gasteiger partial charge in [-0.3, -0.25) is 4.79 Å². The quantitative estimate of drug-likeness (QED) is 0.793. The normalized spacial score (nSPS) is 31.3. The van der Waals surface area contributed by atoms with Gasteiger partial charge in [0.25, 0.3) is 0 Å². The van der Waals surface area contributed by atoms with E-state index in [0.717, 1.165) is 51.9 Å². The molecule has 2 aliphatic heterocycles. The molecule has 0 aromatic rings. The molecule has 3 nitrogen and oxygen atoms in total. The molecule has 3 heteroatoms. The van der Waals surface area contributed by atoms with E-state index >= 15 is 0 Å². The second kappa shape index (κ2) is 6.57. The van der Waals surface area contributed by atoms with E-state index < -0.39 is 0 Å². The average Bonchev–Trinajstić information content (AvgIpc) is 2.49. The third-order valence-electron chi connectivity index (χ3n) is 5.57. The van der Waals surface area contributed by atoms with Gasteiger partial charge >= 0.3 is 0 Å².